The Labute approximate surface area is 167 Å². The van der Waals surface area contributed by atoms with Crippen LogP contribution in [-0.2, 0) is 7.05 Å². The van der Waals surface area contributed by atoms with Gasteiger partial charge in [0.2, 0.25) is 0 Å². The minimum atomic E-state index is -0.242. The molecule has 0 unspecified atom stereocenters. The smallest absolute Gasteiger partial charge is 0.274 e. The van der Waals surface area contributed by atoms with Gasteiger partial charge in [-0.05, 0) is 38.1 Å². The summed E-state index contributed by atoms with van der Waals surface area (Å²) in [6, 6.07) is 8.64. The van der Waals surface area contributed by atoms with Gasteiger partial charge in [0, 0.05) is 45.0 Å². The van der Waals surface area contributed by atoms with E-state index < -0.39 is 0 Å². The van der Waals surface area contributed by atoms with Crippen molar-refractivity contribution in [1.82, 2.24) is 34.7 Å². The van der Waals surface area contributed by atoms with Crippen LogP contribution in [0.4, 0.5) is 5.82 Å². The Hall–Kier alpha value is -3.56. The van der Waals surface area contributed by atoms with Crippen molar-refractivity contribution >= 4 is 11.7 Å². The van der Waals surface area contributed by atoms with Gasteiger partial charge in [-0.1, -0.05) is 0 Å². The maximum atomic E-state index is 12.6. The average Bonchev–Trinajstić information content (AvgIpc) is 3.08. The van der Waals surface area contributed by atoms with E-state index in [0.29, 0.717) is 32.0 Å². The number of aromatic nitrogens is 6. The number of anilines is 1. The second kappa shape index (κ2) is 7.46. The van der Waals surface area contributed by atoms with Crippen molar-refractivity contribution in [2.75, 3.05) is 31.1 Å². The first-order chi connectivity index (χ1) is 13.9. The van der Waals surface area contributed by atoms with Crippen LogP contribution in [0.3, 0.4) is 0 Å². The number of amides is 1. The lowest BCUT2D eigenvalue weighted by Crippen LogP contribution is -2.49. The molecule has 10 nitrogen and oxygen atoms in total. The molecular weight excluding hydrogens is 372 g/mol. The van der Waals surface area contributed by atoms with Gasteiger partial charge < -0.3 is 9.80 Å². The van der Waals surface area contributed by atoms with Crippen molar-refractivity contribution in [3.63, 3.8) is 0 Å². The third-order valence-corrected chi connectivity index (χ3v) is 4.93. The minimum absolute atomic E-state index is 0.175. The number of piperazine rings is 1. The van der Waals surface area contributed by atoms with Gasteiger partial charge in [-0.25, -0.2) is 9.36 Å². The fourth-order valence-corrected chi connectivity index (χ4v) is 3.38. The monoisotopic (exact) mass is 394 g/mol. The Bertz CT molecular complexity index is 1090. The number of carbonyl (C=O) groups excluding carboxylic acids is 1. The van der Waals surface area contributed by atoms with Crippen LogP contribution in [0.15, 0.2) is 35.1 Å². The summed E-state index contributed by atoms with van der Waals surface area (Å²) in [5.41, 5.74) is 1.97. The minimum Gasteiger partial charge on any atom is -0.352 e. The van der Waals surface area contributed by atoms with E-state index >= 15 is 0 Å². The highest BCUT2D eigenvalue weighted by Gasteiger charge is 2.24. The van der Waals surface area contributed by atoms with Gasteiger partial charge in [0.25, 0.3) is 11.5 Å². The molecule has 0 bridgehead atoms. The van der Waals surface area contributed by atoms with E-state index in [4.69, 9.17) is 0 Å². The molecule has 0 N–H and O–H groups in total. The molecule has 3 aromatic heterocycles. The second-order valence-corrected chi connectivity index (χ2v) is 7.05. The van der Waals surface area contributed by atoms with E-state index in [1.165, 1.54) is 23.9 Å². The standard InChI is InChI=1S/C19H22N8O2/c1-13-12-14(2)27(22-13)17-6-5-16(20-21-17)25-8-10-26(11-9-25)19(29)15-4-7-18(28)24(3)23-15/h4-7,12H,8-11H2,1-3H3. The van der Waals surface area contributed by atoms with Gasteiger partial charge in [0.1, 0.15) is 5.69 Å². The lowest BCUT2D eigenvalue weighted by Gasteiger charge is -2.35. The Morgan fingerprint density at radius 1 is 0.931 bits per heavy atom. The van der Waals surface area contributed by atoms with Crippen molar-refractivity contribution in [3.8, 4) is 5.82 Å². The molecule has 1 saturated heterocycles. The van der Waals surface area contributed by atoms with Gasteiger partial charge in [-0.15, -0.1) is 10.2 Å². The molecule has 4 heterocycles. The van der Waals surface area contributed by atoms with Crippen LogP contribution in [0.5, 0.6) is 0 Å². The van der Waals surface area contributed by atoms with Crippen LogP contribution in [0.2, 0.25) is 0 Å². The van der Waals surface area contributed by atoms with Crippen molar-refractivity contribution in [2.45, 2.75) is 13.8 Å². The first-order valence-electron chi connectivity index (χ1n) is 9.38. The van der Waals surface area contributed by atoms with Crippen molar-refractivity contribution in [1.29, 1.82) is 0 Å². The molecule has 3 aromatic rings. The van der Waals surface area contributed by atoms with E-state index in [0.717, 1.165) is 17.2 Å². The third-order valence-electron chi connectivity index (χ3n) is 4.93. The lowest BCUT2D eigenvalue weighted by atomic mass is 10.2. The summed E-state index contributed by atoms with van der Waals surface area (Å²) >= 11 is 0. The highest BCUT2D eigenvalue weighted by atomic mass is 16.2. The highest BCUT2D eigenvalue weighted by Crippen LogP contribution is 2.16. The number of rotatable bonds is 3. The molecule has 1 aliphatic rings. The molecule has 4 rings (SSSR count). The van der Waals surface area contributed by atoms with E-state index in [1.54, 1.807) is 9.58 Å². The Morgan fingerprint density at radius 2 is 1.62 bits per heavy atom. The number of nitrogens with zero attached hydrogens (tertiary/aromatic N) is 8. The zero-order chi connectivity index (χ0) is 20.5. The summed E-state index contributed by atoms with van der Waals surface area (Å²) in [4.78, 5) is 27.9. The van der Waals surface area contributed by atoms with Crippen LogP contribution in [0.1, 0.15) is 21.9 Å². The summed E-state index contributed by atoms with van der Waals surface area (Å²) in [6.45, 7) is 6.30. The van der Waals surface area contributed by atoms with Crippen LogP contribution >= 0.6 is 0 Å². The average molecular weight is 394 g/mol. The van der Waals surface area contributed by atoms with E-state index in [9.17, 15) is 9.59 Å². The fraction of sp³-hybridized carbons (Fsp3) is 0.368. The van der Waals surface area contributed by atoms with Crippen LogP contribution in [-0.4, -0.2) is 66.7 Å². The van der Waals surface area contributed by atoms with Crippen LogP contribution < -0.4 is 10.5 Å². The molecule has 1 fully saturated rings. The number of hydrogen-bond donors (Lipinski definition) is 0. The predicted octanol–water partition coefficient (Wildman–Crippen LogP) is 0.335. The molecule has 1 aliphatic heterocycles. The number of carbonyl (C=O) groups is 1. The number of aryl methyl sites for hydroxylation is 3. The summed E-state index contributed by atoms with van der Waals surface area (Å²) < 4.78 is 2.94. The zero-order valence-corrected chi connectivity index (χ0v) is 16.6. The normalized spacial score (nSPS) is 14.3. The van der Waals surface area contributed by atoms with Gasteiger partial charge >= 0.3 is 0 Å². The fourth-order valence-electron chi connectivity index (χ4n) is 3.38. The predicted molar refractivity (Wildman–Crippen MR) is 106 cm³/mol. The van der Waals surface area contributed by atoms with Gasteiger partial charge in [-0.3, -0.25) is 9.59 Å². The molecule has 29 heavy (non-hydrogen) atoms. The Morgan fingerprint density at radius 3 is 2.21 bits per heavy atom. The van der Waals surface area contributed by atoms with Crippen LogP contribution in [0, 0.1) is 13.8 Å². The van der Waals surface area contributed by atoms with Crippen molar-refractivity contribution in [2.24, 2.45) is 7.05 Å². The first kappa shape index (κ1) is 18.8. The SMILES string of the molecule is Cc1cc(C)n(-c2ccc(N3CCN(C(=O)c4ccc(=O)n(C)n4)CC3)nn2)n1. The van der Waals surface area contributed by atoms with E-state index in [-0.39, 0.29) is 17.2 Å². The molecule has 0 aliphatic carbocycles. The third kappa shape index (κ3) is 3.73. The molecular formula is C19H22N8O2. The maximum Gasteiger partial charge on any atom is 0.274 e. The molecule has 0 aromatic carbocycles. The molecule has 0 spiro atoms. The summed E-state index contributed by atoms with van der Waals surface area (Å²) in [5, 5.41) is 17.1. The second-order valence-electron chi connectivity index (χ2n) is 7.05. The molecule has 0 radical (unpaired) electrons. The summed E-state index contributed by atoms with van der Waals surface area (Å²) in [6.07, 6.45) is 0. The Balaban J connectivity index is 1.41. The van der Waals surface area contributed by atoms with Gasteiger partial charge in [0.05, 0.1) is 5.69 Å². The van der Waals surface area contributed by atoms with Crippen molar-refractivity contribution in [3.05, 3.63) is 57.8 Å². The number of hydrogen-bond acceptors (Lipinski definition) is 7. The first-order valence-corrected chi connectivity index (χ1v) is 9.38. The summed E-state index contributed by atoms with van der Waals surface area (Å²) in [5.74, 6) is 1.27. The maximum absolute atomic E-state index is 12.6. The largest absolute Gasteiger partial charge is 0.352 e. The quantitative estimate of drug-likeness (QED) is 0.631. The summed E-state index contributed by atoms with van der Waals surface area (Å²) in [7, 11) is 1.53. The molecule has 150 valence electrons. The van der Waals surface area contributed by atoms with Crippen molar-refractivity contribution < 1.29 is 4.79 Å². The topological polar surface area (TPSA) is 102 Å². The highest BCUT2D eigenvalue weighted by molar-refractivity contribution is 5.92. The van der Waals surface area contributed by atoms with Gasteiger partial charge in [-0.2, -0.15) is 10.2 Å². The Kier molecular flexibility index (Phi) is 4.83. The van der Waals surface area contributed by atoms with E-state index in [2.05, 4.69) is 25.3 Å². The zero-order valence-electron chi connectivity index (χ0n) is 16.6. The molecule has 10 heteroatoms. The van der Waals surface area contributed by atoms with E-state index in [1.807, 2.05) is 32.0 Å². The molecule has 0 saturated carbocycles. The molecule has 1 amide bonds. The lowest BCUT2D eigenvalue weighted by molar-refractivity contribution is 0.0738. The van der Waals surface area contributed by atoms with Gasteiger partial charge in [0.15, 0.2) is 11.6 Å². The molecule has 0 atom stereocenters. The van der Waals surface area contributed by atoms with Crippen LogP contribution in [0.25, 0.3) is 5.82 Å².